The molecule has 2 aliphatic heterocycles. The summed E-state index contributed by atoms with van der Waals surface area (Å²) >= 11 is 8.75. The highest BCUT2D eigenvalue weighted by atomic mass is 35.5. The second-order valence-electron chi connectivity index (χ2n) is 10.8. The van der Waals surface area contributed by atoms with Gasteiger partial charge >= 0.3 is 4.87 Å². The lowest BCUT2D eigenvalue weighted by Gasteiger charge is -2.43. The third-order valence-electron chi connectivity index (χ3n) is 8.89. The van der Waals surface area contributed by atoms with Gasteiger partial charge in [0.25, 0.3) is 0 Å². The van der Waals surface area contributed by atoms with Crippen molar-refractivity contribution in [2.24, 2.45) is 29.6 Å². The molecule has 2 aliphatic carbocycles. The van der Waals surface area contributed by atoms with Crippen LogP contribution in [0.2, 0.25) is 5.02 Å². The fourth-order valence-electron chi connectivity index (χ4n) is 7.37. The molecule has 3 N–H and O–H groups in total. The molecule has 2 saturated carbocycles. The highest BCUT2D eigenvalue weighted by Crippen LogP contribution is 2.68. The number of carbonyl (C=O) groups is 3. The summed E-state index contributed by atoms with van der Waals surface area (Å²) in [6.07, 6.45) is 0.766. The number of aromatic amines is 1. The average molecular weight is 582 g/mol. The molecular formula is C28H24ClN3O5S2. The molecule has 3 heterocycles. The zero-order valence-corrected chi connectivity index (χ0v) is 23.1. The molecule has 11 heteroatoms. The van der Waals surface area contributed by atoms with Crippen molar-refractivity contribution >= 4 is 58.1 Å². The number of halogens is 1. The number of carbonyl (C=O) groups excluding carboxylic acids is 3. The molecule has 8 unspecified atom stereocenters. The summed E-state index contributed by atoms with van der Waals surface area (Å²) in [7, 11) is 0. The highest BCUT2D eigenvalue weighted by molar-refractivity contribution is 8.00. The topological polar surface area (TPSA) is 120 Å². The van der Waals surface area contributed by atoms with E-state index in [1.165, 1.54) is 16.2 Å². The van der Waals surface area contributed by atoms with Gasteiger partial charge < -0.3 is 15.4 Å². The highest BCUT2D eigenvalue weighted by Gasteiger charge is 2.70. The number of nitrogens with zero attached hydrogens (tertiary/aromatic N) is 1. The number of imide groups is 1. The number of amides is 3. The minimum absolute atomic E-state index is 0.0286. The predicted molar refractivity (Wildman–Crippen MR) is 148 cm³/mol. The van der Waals surface area contributed by atoms with Gasteiger partial charge in [-0.1, -0.05) is 35.1 Å². The zero-order valence-electron chi connectivity index (χ0n) is 20.7. The van der Waals surface area contributed by atoms with E-state index >= 15 is 0 Å². The summed E-state index contributed by atoms with van der Waals surface area (Å²) in [6, 6.07) is 12.7. The van der Waals surface area contributed by atoms with E-state index in [9.17, 15) is 24.3 Å². The van der Waals surface area contributed by atoms with Crippen molar-refractivity contribution in [3.8, 4) is 5.75 Å². The first-order valence-electron chi connectivity index (χ1n) is 12.8. The van der Waals surface area contributed by atoms with Crippen LogP contribution in [0.1, 0.15) is 29.7 Å². The number of phenolic OH excluding ortho intramolecular Hbond substituents is 1. The van der Waals surface area contributed by atoms with Gasteiger partial charge in [-0.2, -0.15) is 0 Å². The lowest BCUT2D eigenvalue weighted by atomic mass is 9.68. The number of H-pyrrole nitrogens is 1. The smallest absolute Gasteiger partial charge is 0.305 e. The number of aromatic nitrogens is 1. The summed E-state index contributed by atoms with van der Waals surface area (Å²) in [5.74, 6) is -1.91. The van der Waals surface area contributed by atoms with E-state index in [1.54, 1.807) is 55.1 Å². The van der Waals surface area contributed by atoms with Gasteiger partial charge in [0.1, 0.15) is 11.8 Å². The van der Waals surface area contributed by atoms with Gasteiger partial charge in [-0.05, 0) is 73.1 Å². The summed E-state index contributed by atoms with van der Waals surface area (Å²) < 4.78 is 0. The van der Waals surface area contributed by atoms with Gasteiger partial charge in [0, 0.05) is 26.8 Å². The third-order valence-corrected chi connectivity index (χ3v) is 11.7. The molecule has 8 atom stereocenters. The van der Waals surface area contributed by atoms with Crippen LogP contribution >= 0.6 is 34.7 Å². The van der Waals surface area contributed by atoms with E-state index in [0.29, 0.717) is 10.7 Å². The number of hydrogen-bond acceptors (Lipinski definition) is 7. The number of anilines is 1. The van der Waals surface area contributed by atoms with E-state index in [-0.39, 0.29) is 51.4 Å². The maximum absolute atomic E-state index is 13.9. The van der Waals surface area contributed by atoms with Crippen LogP contribution in [0.3, 0.4) is 0 Å². The quantitative estimate of drug-likeness (QED) is 0.395. The van der Waals surface area contributed by atoms with Crippen molar-refractivity contribution < 1.29 is 19.5 Å². The lowest BCUT2D eigenvalue weighted by Crippen LogP contribution is -2.46. The van der Waals surface area contributed by atoms with Gasteiger partial charge in [0.05, 0.1) is 16.9 Å². The lowest BCUT2D eigenvalue weighted by molar-refractivity contribution is -0.146. The first-order valence-corrected chi connectivity index (χ1v) is 14.9. The molecule has 3 fully saturated rings. The fourth-order valence-corrected chi connectivity index (χ4v) is 10.4. The van der Waals surface area contributed by atoms with Crippen LogP contribution in [0.15, 0.2) is 58.4 Å². The van der Waals surface area contributed by atoms with Gasteiger partial charge in [0.15, 0.2) is 0 Å². The molecule has 39 heavy (non-hydrogen) atoms. The zero-order chi connectivity index (χ0) is 27.2. The Morgan fingerprint density at radius 3 is 2.41 bits per heavy atom. The second-order valence-corrected chi connectivity index (χ2v) is 13.4. The molecule has 8 nitrogen and oxygen atoms in total. The van der Waals surface area contributed by atoms with Crippen molar-refractivity contribution in [2.75, 3.05) is 5.32 Å². The van der Waals surface area contributed by atoms with Gasteiger partial charge in [0.2, 0.25) is 17.7 Å². The van der Waals surface area contributed by atoms with Crippen molar-refractivity contribution in [2.45, 2.75) is 35.6 Å². The Balaban J connectivity index is 1.21. The Morgan fingerprint density at radius 1 is 1.05 bits per heavy atom. The Hall–Kier alpha value is -3.08. The van der Waals surface area contributed by atoms with Crippen LogP contribution in [-0.2, 0) is 14.4 Å². The maximum atomic E-state index is 13.9. The number of fused-ring (bicyclic) bond motifs is 9. The van der Waals surface area contributed by atoms with E-state index < -0.39 is 23.8 Å². The molecule has 7 rings (SSSR count). The minimum atomic E-state index is -0.953. The van der Waals surface area contributed by atoms with Crippen LogP contribution in [0.25, 0.3) is 0 Å². The normalized spacial score (nSPS) is 31.1. The van der Waals surface area contributed by atoms with Gasteiger partial charge in [-0.15, -0.1) is 11.8 Å². The monoisotopic (exact) mass is 581 g/mol. The predicted octanol–water partition coefficient (Wildman–Crippen LogP) is 4.30. The molecule has 200 valence electrons. The third kappa shape index (κ3) is 3.72. The molecule has 3 aromatic rings. The molecule has 3 amide bonds. The molecule has 1 saturated heterocycles. The Labute approximate surface area is 236 Å². The first kappa shape index (κ1) is 24.9. The Morgan fingerprint density at radius 2 is 1.72 bits per heavy atom. The number of likely N-dealkylation sites (tertiary alicyclic amines) is 1. The number of benzene rings is 2. The number of hydrogen-bond donors (Lipinski definition) is 3. The minimum Gasteiger partial charge on any atom is -0.508 e. The summed E-state index contributed by atoms with van der Waals surface area (Å²) in [4.78, 5) is 58.1. The number of aromatic hydroxyl groups is 1. The van der Waals surface area contributed by atoms with E-state index in [0.717, 1.165) is 21.9 Å². The molecular weight excluding hydrogens is 558 g/mol. The molecule has 0 radical (unpaired) electrons. The van der Waals surface area contributed by atoms with Crippen molar-refractivity contribution in [1.82, 2.24) is 9.88 Å². The van der Waals surface area contributed by atoms with Crippen LogP contribution in [-0.4, -0.2) is 44.0 Å². The van der Waals surface area contributed by atoms with Gasteiger partial charge in [-0.3, -0.25) is 24.1 Å². The van der Waals surface area contributed by atoms with E-state index in [1.807, 2.05) is 12.1 Å². The molecule has 4 aliphatic rings. The maximum Gasteiger partial charge on any atom is 0.305 e. The SMILES string of the molecule is CC(C(=O)Nc1ccc(Cl)cc1)N1C(=O)C2C3CC(C2C1=O)C1C(c2ccc(O)cc2)c2sc(=O)[nH]c2SC31. The number of nitrogens with one attached hydrogen (secondary N) is 2. The number of rotatable bonds is 4. The van der Waals surface area contributed by atoms with Crippen LogP contribution < -0.4 is 10.2 Å². The molecule has 2 bridgehead atoms. The molecule has 1 aromatic heterocycles. The second kappa shape index (κ2) is 8.97. The number of thioether (sulfide) groups is 1. The van der Waals surface area contributed by atoms with Crippen molar-refractivity contribution in [3.05, 3.63) is 73.7 Å². The molecule has 2 aromatic carbocycles. The Bertz CT molecular complexity index is 1570. The summed E-state index contributed by atoms with van der Waals surface area (Å²) in [6.45, 7) is 1.59. The number of phenols is 1. The largest absolute Gasteiger partial charge is 0.508 e. The summed E-state index contributed by atoms with van der Waals surface area (Å²) in [5.41, 5.74) is 1.52. The standard InChI is InChI=1S/C28H24ClN3O5S2/c1-11(24(34)30-14-6-4-13(29)5-7-14)32-26(35)20-16-10-17(21(20)27(32)36)22-19(16)18(12-2-8-15(33)9-3-12)23-25(38-22)31-28(37)39-23/h2-9,11,16-22,33H,10H2,1H3,(H,30,34)(H,31,37). The van der Waals surface area contributed by atoms with Crippen LogP contribution in [0.4, 0.5) is 5.69 Å². The van der Waals surface area contributed by atoms with Gasteiger partial charge in [-0.25, -0.2) is 0 Å². The van der Waals surface area contributed by atoms with E-state index in [4.69, 9.17) is 11.6 Å². The average Bonchev–Trinajstić information content (AvgIpc) is 3.64. The van der Waals surface area contributed by atoms with Crippen LogP contribution in [0.5, 0.6) is 5.75 Å². The van der Waals surface area contributed by atoms with Crippen molar-refractivity contribution in [1.29, 1.82) is 0 Å². The fraction of sp³-hybridized carbons (Fsp3) is 0.357. The number of thiazole rings is 1. The molecule has 0 spiro atoms. The van der Waals surface area contributed by atoms with Crippen molar-refractivity contribution in [3.63, 3.8) is 0 Å². The Kier molecular flexibility index (Phi) is 5.73. The van der Waals surface area contributed by atoms with E-state index in [2.05, 4.69) is 10.3 Å². The summed E-state index contributed by atoms with van der Waals surface area (Å²) in [5, 5.41) is 14.1. The van der Waals surface area contributed by atoms with Crippen LogP contribution in [0, 0.1) is 29.6 Å². The first-order chi connectivity index (χ1) is 18.7.